The highest BCUT2D eigenvalue weighted by Crippen LogP contribution is 2.39. The van der Waals surface area contributed by atoms with Crippen molar-refractivity contribution in [2.75, 3.05) is 108 Å². The van der Waals surface area contributed by atoms with E-state index in [1.165, 1.54) is 38.0 Å². The fourth-order valence-electron chi connectivity index (χ4n) is 14.8. The predicted octanol–water partition coefficient (Wildman–Crippen LogP) is 5.73. The lowest BCUT2D eigenvalue weighted by Crippen LogP contribution is -2.65. The lowest BCUT2D eigenvalue weighted by Gasteiger charge is -2.43. The van der Waals surface area contributed by atoms with Crippen LogP contribution in [0.3, 0.4) is 0 Å². The number of ether oxygens (including phenoxy) is 2. The number of hydrogen-bond donors (Lipinski definition) is 3. The van der Waals surface area contributed by atoms with E-state index in [1.54, 1.807) is 13.8 Å². The third kappa shape index (κ3) is 23.9. The average molecular weight is 1590 g/mol. The molecule has 0 bridgehead atoms. The van der Waals surface area contributed by atoms with Gasteiger partial charge in [-0.2, -0.15) is 39.5 Å². The highest BCUT2D eigenvalue weighted by atomic mass is 19.4. The molecular weight excluding hydrogens is 1490 g/mol. The molecule has 37 heteroatoms. The number of hydrogen-bond acceptors (Lipinski definition) is 14. The minimum Gasteiger partial charge on any atom is -0.378 e. The third-order valence-electron chi connectivity index (χ3n) is 21.8. The Labute approximate surface area is 637 Å². The van der Waals surface area contributed by atoms with Crippen molar-refractivity contribution in [1.82, 2.24) is 54.7 Å². The number of morpholine rings is 1. The Bertz CT molecular complexity index is 3620. The first kappa shape index (κ1) is 91.1. The number of nitrogens with two attached hydrogens (primary N) is 1. The summed E-state index contributed by atoms with van der Waals surface area (Å²) in [7, 11) is 8.33. The number of amides is 12. The van der Waals surface area contributed by atoms with Crippen molar-refractivity contribution < 1.29 is 115 Å². The van der Waals surface area contributed by atoms with E-state index in [0.29, 0.717) is 62.0 Å². The topological polar surface area (TPSA) is 303 Å². The number of benzene rings is 2. The third-order valence-corrected chi connectivity index (χ3v) is 21.8. The van der Waals surface area contributed by atoms with E-state index < -0.39 is 230 Å². The first-order chi connectivity index (χ1) is 51.8. The number of halogens is 11. The maximum absolute atomic E-state index is 15.7. The fourth-order valence-corrected chi connectivity index (χ4v) is 14.8. The van der Waals surface area contributed by atoms with Gasteiger partial charge in [0, 0.05) is 94.3 Å². The van der Waals surface area contributed by atoms with E-state index in [4.69, 9.17) is 15.2 Å². The molecule has 4 N–H and O–H groups in total. The van der Waals surface area contributed by atoms with E-state index in [1.807, 2.05) is 13.8 Å². The van der Waals surface area contributed by atoms with Crippen LogP contribution < -0.4 is 16.4 Å². The van der Waals surface area contributed by atoms with Crippen molar-refractivity contribution in [2.45, 2.75) is 197 Å². The van der Waals surface area contributed by atoms with Gasteiger partial charge < -0.3 is 69.9 Å². The molecule has 2 aromatic rings. The lowest BCUT2D eigenvalue weighted by molar-refractivity contribution is -0.162. The lowest BCUT2D eigenvalue weighted by atomic mass is 9.81. The van der Waals surface area contributed by atoms with Crippen LogP contribution in [-0.2, 0) is 92.2 Å². The fraction of sp³-hybridized carbons (Fsp3) is 0.676. The number of rotatable bonds is 33. The van der Waals surface area contributed by atoms with Gasteiger partial charge in [0.1, 0.15) is 59.0 Å². The molecular formula is C74H103F11N12O14. The second-order valence-corrected chi connectivity index (χ2v) is 29.5. The molecule has 4 aliphatic rings. The summed E-state index contributed by atoms with van der Waals surface area (Å²) in [5.74, 6) is -16.4. The number of carbonyl (C=O) groups is 12. The first-order valence-corrected chi connectivity index (χ1v) is 37.0. The summed E-state index contributed by atoms with van der Waals surface area (Å²) in [4.78, 5) is 182. The standard InChI is InChI=1S/C74H103F11N12O14/c1-12-43(3)44(4)65(104)91(7)41-59(100)89(5)42-60(101)92(8)54(35-45-21-24-48(25-22-45)73(80,81)82)67(106)90(6)40-57(98)87-52(26-23-46-33-50(75)61(51(76)34-46)74(83,84)85)66(105)97-39-49(111-13-2)36-53(97)64(103)88-71(27-17-18-28-71)70(109)95(11)62(47-19-15-14-16-20-47)69(108)94(10)55(68(107)96-29-31-110-32-30-96)37-58(99)93(9)56(63(86)102)38-72(77,78)79/h21-22,24-25,33-34,43-44,47,49,52-56,62H,12-20,23,26-32,35-42H2,1-11H3,(H2,86,102)(H,87,98)(H,88,103)/t43-,44-,49+,52-,53-,54-,55-,56-,62-/m0/s1. The number of likely N-dealkylation sites (tertiary alicyclic amines) is 1. The molecule has 2 heterocycles. The van der Waals surface area contributed by atoms with Crippen molar-refractivity contribution in [3.05, 3.63) is 70.3 Å². The summed E-state index contributed by atoms with van der Waals surface area (Å²) in [6.45, 7) is 4.63. The molecule has 2 aromatic carbocycles. The Hall–Kier alpha value is -8.77. The minimum absolute atomic E-state index is 0.00778. The summed E-state index contributed by atoms with van der Waals surface area (Å²) >= 11 is 0. The van der Waals surface area contributed by atoms with Crippen LogP contribution in [0.5, 0.6) is 0 Å². The highest BCUT2D eigenvalue weighted by molar-refractivity contribution is 6.00. The number of nitrogens with one attached hydrogen (secondary N) is 2. The summed E-state index contributed by atoms with van der Waals surface area (Å²) < 4.78 is 166. The molecule has 0 aromatic heterocycles. The van der Waals surface area contributed by atoms with E-state index in [-0.39, 0.29) is 69.6 Å². The molecule has 26 nitrogen and oxygen atoms in total. The van der Waals surface area contributed by atoms with Crippen molar-refractivity contribution >= 4 is 70.9 Å². The van der Waals surface area contributed by atoms with Gasteiger partial charge >= 0.3 is 18.5 Å². The van der Waals surface area contributed by atoms with Crippen LogP contribution in [0.1, 0.15) is 140 Å². The molecule has 2 saturated heterocycles. The van der Waals surface area contributed by atoms with E-state index in [0.717, 1.165) is 81.2 Å². The van der Waals surface area contributed by atoms with Crippen LogP contribution >= 0.6 is 0 Å². The average Bonchev–Trinajstić information content (AvgIpc) is 1.72. The van der Waals surface area contributed by atoms with Gasteiger partial charge in [-0.1, -0.05) is 71.4 Å². The van der Waals surface area contributed by atoms with E-state index >= 15 is 28.0 Å². The number of primary amides is 1. The SMILES string of the molecule is CCO[C@@H]1C[C@@H](C(=O)NC2(C(=O)N(C)[C@H](C(=O)N(C)[C@@H](CC(=O)N(C)[C@@H](CC(F)(F)F)C(N)=O)C(=O)N3CCOCC3)C3CCCCC3)CCCC2)N(C(=O)[C@H](CCc2cc(F)c(C(F)(F)F)c(F)c2)NC(=O)CN(C)C(=O)[C@H](Cc2ccc(C(F)(F)F)cc2)N(C)C(=O)CN(C)C(=O)CN(C)C(=O)[C@@H](C)[C@@H](C)CC)C1. The maximum Gasteiger partial charge on any atom is 0.422 e. The molecule has 111 heavy (non-hydrogen) atoms. The predicted molar refractivity (Wildman–Crippen MR) is 378 cm³/mol. The molecule has 2 aliphatic heterocycles. The van der Waals surface area contributed by atoms with Crippen molar-refractivity contribution in [2.24, 2.45) is 23.5 Å². The summed E-state index contributed by atoms with van der Waals surface area (Å²) in [5.41, 5.74) is -0.127. The van der Waals surface area contributed by atoms with E-state index in [2.05, 4.69) is 10.6 Å². The van der Waals surface area contributed by atoms with Gasteiger partial charge in [0.15, 0.2) is 0 Å². The van der Waals surface area contributed by atoms with Gasteiger partial charge in [0.25, 0.3) is 0 Å². The van der Waals surface area contributed by atoms with Gasteiger partial charge in [-0.15, -0.1) is 0 Å². The first-order valence-electron chi connectivity index (χ1n) is 37.0. The molecule has 0 unspecified atom stereocenters. The summed E-state index contributed by atoms with van der Waals surface area (Å²) in [5, 5.41) is 5.35. The van der Waals surface area contributed by atoms with Gasteiger partial charge in [0.05, 0.1) is 57.4 Å². The van der Waals surface area contributed by atoms with Gasteiger partial charge in [-0.3, -0.25) is 57.5 Å². The maximum atomic E-state index is 15.7. The second-order valence-electron chi connectivity index (χ2n) is 29.5. The van der Waals surface area contributed by atoms with E-state index in [9.17, 15) is 77.9 Å². The quantitative estimate of drug-likeness (QED) is 0.0720. The smallest absolute Gasteiger partial charge is 0.378 e. The Morgan fingerprint density at radius 1 is 0.649 bits per heavy atom. The van der Waals surface area contributed by atoms with Crippen LogP contribution in [0.4, 0.5) is 48.3 Å². The number of aryl methyl sites for hydroxylation is 1. The number of alkyl halides is 9. The Kier molecular flexibility index (Phi) is 32.1. The van der Waals surface area contributed by atoms with Crippen LogP contribution in [0.2, 0.25) is 0 Å². The normalized spacial score (nSPS) is 18.8. The number of nitrogens with zero attached hydrogens (tertiary/aromatic N) is 9. The number of carbonyl (C=O) groups excluding carboxylic acids is 12. The minimum atomic E-state index is -5.49. The number of likely N-dealkylation sites (N-methyl/N-ethyl adjacent to an activating group) is 7. The summed E-state index contributed by atoms with van der Waals surface area (Å²) in [6, 6.07) is -6.16. The summed E-state index contributed by atoms with van der Waals surface area (Å²) in [6.07, 6.45) is -17.2. The van der Waals surface area contributed by atoms with Crippen LogP contribution in [0.15, 0.2) is 36.4 Å². The monoisotopic (exact) mass is 1590 g/mol. The van der Waals surface area contributed by atoms with Crippen LogP contribution in [0.25, 0.3) is 0 Å². The van der Waals surface area contributed by atoms with Crippen LogP contribution in [0, 0.1) is 29.4 Å². The molecule has 0 spiro atoms. The highest BCUT2D eigenvalue weighted by Gasteiger charge is 2.53. The van der Waals surface area contributed by atoms with Gasteiger partial charge in [0.2, 0.25) is 70.9 Å². The molecule has 2 aliphatic carbocycles. The molecule has 9 atom stereocenters. The second kappa shape index (κ2) is 39.1. The molecule has 4 fully saturated rings. The largest absolute Gasteiger partial charge is 0.422 e. The molecule has 6 rings (SSSR count). The van der Waals surface area contributed by atoms with Crippen molar-refractivity contribution in [3.63, 3.8) is 0 Å². The zero-order valence-corrected chi connectivity index (χ0v) is 64.4. The molecule has 0 radical (unpaired) electrons. The zero-order valence-electron chi connectivity index (χ0n) is 64.4. The molecule has 2 saturated carbocycles. The zero-order chi connectivity index (χ0) is 83.1. The Morgan fingerprint density at radius 2 is 1.22 bits per heavy atom. The Morgan fingerprint density at radius 3 is 1.76 bits per heavy atom. The van der Waals surface area contributed by atoms with Gasteiger partial charge in [-0.25, -0.2) is 8.78 Å². The molecule has 12 amide bonds. The van der Waals surface area contributed by atoms with Crippen molar-refractivity contribution in [1.29, 1.82) is 0 Å². The van der Waals surface area contributed by atoms with Crippen molar-refractivity contribution in [3.8, 4) is 0 Å². The van der Waals surface area contributed by atoms with Crippen LogP contribution in [-0.4, -0.2) is 277 Å². The Balaban J connectivity index is 1.32. The molecule has 620 valence electrons. The van der Waals surface area contributed by atoms with Gasteiger partial charge in [-0.05, 0) is 92.7 Å².